The standard InChI is InChI=1S/2C6H7.2CH3.Zr/c2*1-6-4-2-3-5-6;;;/h2*2-5H,1H3;2*1H3;. The van der Waals surface area contributed by atoms with E-state index < -0.39 is 20.3 Å². The van der Waals surface area contributed by atoms with Crippen molar-refractivity contribution in [2.45, 2.75) is 29.4 Å². The molecular formula is C14H20Zr. The van der Waals surface area contributed by atoms with E-state index in [-0.39, 0.29) is 0 Å². The van der Waals surface area contributed by atoms with Crippen molar-refractivity contribution in [1.82, 2.24) is 0 Å². The molecule has 0 saturated carbocycles. The summed E-state index contributed by atoms with van der Waals surface area (Å²) in [4.78, 5) is 0. The van der Waals surface area contributed by atoms with Crippen molar-refractivity contribution in [3.63, 3.8) is 0 Å². The number of allylic oxidation sites excluding steroid dienone is 8. The third-order valence-electron chi connectivity index (χ3n) is 4.69. The quantitative estimate of drug-likeness (QED) is 0.678. The van der Waals surface area contributed by atoms with Crippen LogP contribution < -0.4 is 0 Å². The van der Waals surface area contributed by atoms with Gasteiger partial charge in [-0.2, -0.15) is 0 Å². The molecule has 0 saturated heterocycles. The van der Waals surface area contributed by atoms with E-state index >= 15 is 0 Å². The maximum atomic E-state index is 2.56. The molecule has 0 atom stereocenters. The van der Waals surface area contributed by atoms with Crippen LogP contribution in [0.2, 0.25) is 15.5 Å². The third-order valence-corrected chi connectivity index (χ3v) is 19.6. The molecule has 1 heteroatoms. The Labute approximate surface area is 97.9 Å². The van der Waals surface area contributed by atoms with Crippen LogP contribution in [0.4, 0.5) is 0 Å². The topological polar surface area (TPSA) is 0 Å². The molecule has 15 heavy (non-hydrogen) atoms. The molecule has 0 N–H and O–H groups in total. The average Bonchev–Trinajstić information content (AvgIpc) is 2.76. The molecule has 0 unspecified atom stereocenters. The van der Waals surface area contributed by atoms with E-state index in [2.05, 4.69) is 71.7 Å². The molecule has 0 heterocycles. The zero-order chi connectivity index (χ0) is 11.2. The Balaban J connectivity index is 2.43. The van der Waals surface area contributed by atoms with Gasteiger partial charge < -0.3 is 0 Å². The SMILES string of the molecule is C[C]1([Zr]([CH3])([CH3])[C]2(C)C=CC=C2)C=CC=C1. The third kappa shape index (κ3) is 1.51. The number of hydrogen-bond acceptors (Lipinski definition) is 0. The van der Waals surface area contributed by atoms with Crippen molar-refractivity contribution in [2.24, 2.45) is 0 Å². The first-order valence-corrected chi connectivity index (χ1v) is 13.0. The van der Waals surface area contributed by atoms with Crippen LogP contribution >= 0.6 is 0 Å². The van der Waals surface area contributed by atoms with Crippen molar-refractivity contribution in [2.75, 3.05) is 0 Å². The summed E-state index contributed by atoms with van der Waals surface area (Å²) >= 11 is -2.26. The Morgan fingerprint density at radius 1 is 0.667 bits per heavy atom. The molecule has 0 aromatic heterocycles. The summed E-state index contributed by atoms with van der Waals surface area (Å²) in [7, 11) is 0. The van der Waals surface area contributed by atoms with Gasteiger partial charge in [-0.05, 0) is 0 Å². The minimum atomic E-state index is -2.26. The van der Waals surface area contributed by atoms with Crippen molar-refractivity contribution in [3.05, 3.63) is 48.6 Å². The molecule has 0 fully saturated rings. The Bertz CT molecular complexity index is 320. The van der Waals surface area contributed by atoms with Gasteiger partial charge in [0.2, 0.25) is 0 Å². The van der Waals surface area contributed by atoms with Crippen LogP contribution in [0.3, 0.4) is 0 Å². The normalized spacial score (nSPS) is 25.3. The van der Waals surface area contributed by atoms with Gasteiger partial charge in [0.15, 0.2) is 0 Å². The van der Waals surface area contributed by atoms with Crippen LogP contribution in [0.25, 0.3) is 0 Å². The van der Waals surface area contributed by atoms with Crippen LogP contribution in [0.1, 0.15) is 13.8 Å². The summed E-state index contributed by atoms with van der Waals surface area (Å²) < 4.78 is 5.86. The maximum absolute atomic E-state index is 2.56. The first-order chi connectivity index (χ1) is 6.91. The summed E-state index contributed by atoms with van der Waals surface area (Å²) in [6, 6.07) is 0. The van der Waals surface area contributed by atoms with E-state index in [1.807, 2.05) is 0 Å². The molecule has 2 aliphatic carbocycles. The van der Waals surface area contributed by atoms with E-state index in [0.717, 1.165) is 0 Å². The van der Waals surface area contributed by atoms with E-state index in [0.29, 0.717) is 6.25 Å². The summed E-state index contributed by atoms with van der Waals surface area (Å²) in [6.45, 7) is 4.82. The van der Waals surface area contributed by atoms with Crippen LogP contribution in [0, 0.1) is 0 Å². The Morgan fingerprint density at radius 2 is 0.933 bits per heavy atom. The van der Waals surface area contributed by atoms with Gasteiger partial charge in [-0.15, -0.1) is 0 Å². The van der Waals surface area contributed by atoms with Gasteiger partial charge in [0.1, 0.15) is 0 Å². The monoisotopic (exact) mass is 278 g/mol. The van der Waals surface area contributed by atoms with E-state index in [4.69, 9.17) is 0 Å². The molecule has 2 rings (SSSR count). The second-order valence-corrected chi connectivity index (χ2v) is 18.9. The zero-order valence-corrected chi connectivity index (χ0v) is 12.6. The molecular weight excluding hydrogens is 259 g/mol. The Kier molecular flexibility index (Phi) is 2.58. The van der Waals surface area contributed by atoms with E-state index in [1.165, 1.54) is 0 Å². The number of rotatable bonds is 2. The summed E-state index contributed by atoms with van der Waals surface area (Å²) in [5.74, 6) is 0. The molecule has 0 spiro atoms. The molecule has 2 aliphatic rings. The molecule has 0 aromatic carbocycles. The fraction of sp³-hybridized carbons (Fsp3) is 0.429. The number of hydrogen-bond donors (Lipinski definition) is 0. The van der Waals surface area contributed by atoms with E-state index in [1.54, 1.807) is 0 Å². The molecule has 0 radical (unpaired) electrons. The second kappa shape index (κ2) is 3.42. The van der Waals surface area contributed by atoms with Crippen LogP contribution in [-0.2, 0) is 20.3 Å². The van der Waals surface area contributed by atoms with Crippen molar-refractivity contribution in [3.8, 4) is 0 Å². The zero-order valence-electron chi connectivity index (χ0n) is 10.1. The summed E-state index contributed by atoms with van der Waals surface area (Å²) in [6.07, 6.45) is 18.5. The first kappa shape index (κ1) is 11.3. The van der Waals surface area contributed by atoms with Gasteiger partial charge in [-0.25, -0.2) is 0 Å². The minimum absolute atomic E-state index is 0.364. The molecule has 80 valence electrons. The first-order valence-electron chi connectivity index (χ1n) is 5.65. The van der Waals surface area contributed by atoms with Gasteiger partial charge in [-0.1, -0.05) is 0 Å². The molecule has 0 amide bonds. The second-order valence-electron chi connectivity index (χ2n) is 5.63. The van der Waals surface area contributed by atoms with Gasteiger partial charge in [0, 0.05) is 0 Å². The predicted molar refractivity (Wildman–Crippen MR) is 65.0 cm³/mol. The van der Waals surface area contributed by atoms with Gasteiger partial charge in [0.25, 0.3) is 0 Å². The van der Waals surface area contributed by atoms with Crippen molar-refractivity contribution in [1.29, 1.82) is 0 Å². The summed E-state index contributed by atoms with van der Waals surface area (Å²) in [5, 5.41) is 0. The fourth-order valence-electron chi connectivity index (χ4n) is 2.55. The summed E-state index contributed by atoms with van der Waals surface area (Å²) in [5.41, 5.74) is 0. The van der Waals surface area contributed by atoms with Crippen LogP contribution in [-0.4, -0.2) is 0 Å². The van der Waals surface area contributed by atoms with Gasteiger partial charge in [-0.3, -0.25) is 0 Å². The predicted octanol–water partition coefficient (Wildman–Crippen LogP) is 4.85. The van der Waals surface area contributed by atoms with Gasteiger partial charge in [0.05, 0.1) is 0 Å². The van der Waals surface area contributed by atoms with Crippen LogP contribution in [0.5, 0.6) is 0 Å². The average molecular weight is 280 g/mol. The molecule has 0 nitrogen and oxygen atoms in total. The van der Waals surface area contributed by atoms with Crippen LogP contribution in [0.15, 0.2) is 48.6 Å². The molecule has 0 aliphatic heterocycles. The Morgan fingerprint density at radius 3 is 1.20 bits per heavy atom. The Hall–Kier alpha value is -0.157. The van der Waals surface area contributed by atoms with Crippen molar-refractivity contribution >= 4 is 0 Å². The molecule has 0 bridgehead atoms. The van der Waals surface area contributed by atoms with E-state index in [9.17, 15) is 0 Å². The fourth-order valence-corrected chi connectivity index (χ4v) is 10.4. The van der Waals surface area contributed by atoms with Crippen molar-refractivity contribution < 1.29 is 20.3 Å². The van der Waals surface area contributed by atoms with Gasteiger partial charge >= 0.3 is 98.2 Å². The molecule has 0 aromatic rings.